The predicted molar refractivity (Wildman–Crippen MR) is 109 cm³/mol. The van der Waals surface area contributed by atoms with Gasteiger partial charge in [-0.3, -0.25) is 0 Å². The molecule has 5 aliphatic rings. The van der Waals surface area contributed by atoms with Crippen molar-refractivity contribution >= 4 is 46.7 Å². The second-order valence-corrected chi connectivity index (χ2v) is 11.9. The van der Waals surface area contributed by atoms with E-state index in [1.807, 2.05) is 23.5 Å². The lowest BCUT2D eigenvalue weighted by molar-refractivity contribution is 0.281. The van der Waals surface area contributed by atoms with Crippen molar-refractivity contribution in [1.82, 2.24) is 0 Å². The number of hydrogen-bond acceptors (Lipinski definition) is 2. The molecule has 0 N–H and O–H groups in total. The van der Waals surface area contributed by atoms with E-state index in [9.17, 15) is 0 Å². The molecule has 2 aliphatic heterocycles. The Morgan fingerprint density at radius 2 is 1.50 bits per heavy atom. The van der Waals surface area contributed by atoms with Crippen molar-refractivity contribution in [1.29, 1.82) is 0 Å². The Kier molecular flexibility index (Phi) is 3.84. The Hall–Kier alpha value is 0.240. The van der Waals surface area contributed by atoms with E-state index in [0.29, 0.717) is 5.92 Å². The van der Waals surface area contributed by atoms with E-state index < -0.39 is 0 Å². The Morgan fingerprint density at radius 1 is 0.875 bits per heavy atom. The molecular weight excluding hydrogens is 375 g/mol. The molecule has 128 valence electrons. The van der Waals surface area contributed by atoms with E-state index in [4.69, 9.17) is 23.2 Å². The smallest absolute Gasteiger partial charge is 0.0747 e. The van der Waals surface area contributed by atoms with Gasteiger partial charge in [0.1, 0.15) is 0 Å². The lowest BCUT2D eigenvalue weighted by Crippen LogP contribution is -2.55. The summed E-state index contributed by atoms with van der Waals surface area (Å²) in [6, 6.07) is 0. The molecule has 24 heavy (non-hydrogen) atoms. The number of allylic oxidation sites excluding steroid dienone is 4. The molecule has 0 aromatic rings. The third-order valence-electron chi connectivity index (χ3n) is 6.75. The van der Waals surface area contributed by atoms with Crippen LogP contribution in [0.15, 0.2) is 43.2 Å². The highest BCUT2D eigenvalue weighted by Gasteiger charge is 2.64. The standard InChI is InChI=1S/C20H22Cl2S2/c1-19-15(10-17(21)23-19)13-8-5-9-14(13)16-11-18(22)24-20(16,19)12-6-3-2-4-7-12/h10-12H,2-9H2,1H3. The van der Waals surface area contributed by atoms with Gasteiger partial charge in [-0.15, -0.1) is 23.5 Å². The van der Waals surface area contributed by atoms with Crippen molar-refractivity contribution in [2.24, 2.45) is 5.92 Å². The van der Waals surface area contributed by atoms with Gasteiger partial charge in [-0.25, -0.2) is 0 Å². The first-order valence-corrected chi connectivity index (χ1v) is 11.6. The van der Waals surface area contributed by atoms with E-state index in [1.54, 1.807) is 16.7 Å². The van der Waals surface area contributed by atoms with Crippen LogP contribution in [0.5, 0.6) is 0 Å². The molecule has 0 radical (unpaired) electrons. The zero-order valence-corrected chi connectivity index (χ0v) is 17.1. The van der Waals surface area contributed by atoms with E-state index in [-0.39, 0.29) is 9.49 Å². The van der Waals surface area contributed by atoms with E-state index in [2.05, 4.69) is 19.1 Å². The summed E-state index contributed by atoms with van der Waals surface area (Å²) in [5.74, 6) is 0.705. The van der Waals surface area contributed by atoms with Gasteiger partial charge in [0.15, 0.2) is 0 Å². The predicted octanol–water partition coefficient (Wildman–Crippen LogP) is 7.51. The molecule has 2 atom stereocenters. The lowest BCUT2D eigenvalue weighted by atomic mass is 9.63. The average molecular weight is 397 g/mol. The Labute approximate surface area is 163 Å². The summed E-state index contributed by atoms with van der Waals surface area (Å²) in [5, 5.41) is 0. The fourth-order valence-electron chi connectivity index (χ4n) is 5.85. The van der Waals surface area contributed by atoms with Crippen LogP contribution in [0, 0.1) is 5.92 Å². The minimum Gasteiger partial charge on any atom is -0.101 e. The molecule has 0 aromatic heterocycles. The molecule has 0 bridgehead atoms. The summed E-state index contributed by atoms with van der Waals surface area (Å²) < 4.78 is 2.06. The number of hydrogen-bond donors (Lipinski definition) is 0. The molecule has 0 saturated heterocycles. The minimum absolute atomic E-state index is 0.0302. The van der Waals surface area contributed by atoms with Gasteiger partial charge in [-0.2, -0.15) is 0 Å². The van der Waals surface area contributed by atoms with Crippen LogP contribution in [-0.4, -0.2) is 9.49 Å². The topological polar surface area (TPSA) is 0 Å². The van der Waals surface area contributed by atoms with Crippen LogP contribution >= 0.6 is 46.7 Å². The molecule has 3 aliphatic carbocycles. The van der Waals surface area contributed by atoms with Crippen LogP contribution in [0.4, 0.5) is 0 Å². The highest BCUT2D eigenvalue weighted by Crippen LogP contribution is 2.72. The summed E-state index contributed by atoms with van der Waals surface area (Å²) in [5.41, 5.74) is 6.28. The minimum atomic E-state index is 0.0302. The largest absolute Gasteiger partial charge is 0.101 e. The maximum atomic E-state index is 6.69. The first-order valence-electron chi connectivity index (χ1n) is 9.16. The van der Waals surface area contributed by atoms with Gasteiger partial charge in [-0.1, -0.05) is 42.5 Å². The van der Waals surface area contributed by atoms with E-state index in [1.165, 1.54) is 56.9 Å². The molecule has 2 fully saturated rings. The maximum absolute atomic E-state index is 6.69. The van der Waals surface area contributed by atoms with Crippen molar-refractivity contribution in [2.75, 3.05) is 0 Å². The monoisotopic (exact) mass is 396 g/mol. The lowest BCUT2D eigenvalue weighted by Gasteiger charge is -2.54. The first kappa shape index (κ1) is 16.4. The quantitative estimate of drug-likeness (QED) is 0.449. The van der Waals surface area contributed by atoms with Gasteiger partial charge in [0.2, 0.25) is 0 Å². The molecule has 2 heterocycles. The van der Waals surface area contributed by atoms with Crippen LogP contribution in [0.1, 0.15) is 58.3 Å². The molecule has 0 aromatic carbocycles. The van der Waals surface area contributed by atoms with Crippen molar-refractivity contribution in [2.45, 2.75) is 67.8 Å². The Morgan fingerprint density at radius 3 is 2.25 bits per heavy atom. The zero-order valence-electron chi connectivity index (χ0n) is 14.0. The molecule has 2 unspecified atom stereocenters. The third-order valence-corrected chi connectivity index (χ3v) is 10.4. The molecule has 0 amide bonds. The van der Waals surface area contributed by atoms with Crippen LogP contribution in [-0.2, 0) is 0 Å². The molecule has 0 spiro atoms. The molecule has 2 saturated carbocycles. The van der Waals surface area contributed by atoms with Crippen LogP contribution in [0.2, 0.25) is 0 Å². The van der Waals surface area contributed by atoms with Crippen LogP contribution in [0.3, 0.4) is 0 Å². The van der Waals surface area contributed by atoms with Gasteiger partial charge in [0.05, 0.1) is 18.2 Å². The van der Waals surface area contributed by atoms with E-state index in [0.717, 1.165) is 8.73 Å². The van der Waals surface area contributed by atoms with Gasteiger partial charge in [0, 0.05) is 0 Å². The summed E-state index contributed by atoms with van der Waals surface area (Å²) in [7, 11) is 0. The summed E-state index contributed by atoms with van der Waals surface area (Å²) in [6.07, 6.45) is 15.1. The molecule has 0 nitrogen and oxygen atoms in total. The highest BCUT2D eigenvalue weighted by molar-refractivity contribution is 8.10. The second kappa shape index (κ2) is 5.62. The SMILES string of the molecule is CC12SC(Cl)=CC1=C1CCCC1=C1C=C(Cl)SC12C1CCCCC1. The van der Waals surface area contributed by atoms with E-state index >= 15 is 0 Å². The Balaban J connectivity index is 1.77. The normalized spacial score (nSPS) is 39.0. The molecule has 5 rings (SSSR count). The number of thioether (sulfide) groups is 2. The molecular formula is C20H22Cl2S2. The van der Waals surface area contributed by atoms with Crippen molar-refractivity contribution in [3.05, 3.63) is 43.2 Å². The first-order chi connectivity index (χ1) is 11.6. The van der Waals surface area contributed by atoms with Gasteiger partial charge >= 0.3 is 0 Å². The second-order valence-electron chi connectivity index (χ2n) is 7.84. The van der Waals surface area contributed by atoms with Crippen molar-refractivity contribution in [3.63, 3.8) is 0 Å². The maximum Gasteiger partial charge on any atom is 0.0747 e. The molecule has 4 heteroatoms. The summed E-state index contributed by atoms with van der Waals surface area (Å²) >= 11 is 17.1. The van der Waals surface area contributed by atoms with Crippen molar-refractivity contribution in [3.8, 4) is 0 Å². The summed E-state index contributed by atoms with van der Waals surface area (Å²) in [4.78, 5) is 0. The average Bonchev–Trinajstić information content (AvgIpc) is 3.23. The van der Waals surface area contributed by atoms with Gasteiger partial charge in [-0.05, 0) is 79.4 Å². The number of rotatable bonds is 1. The summed E-state index contributed by atoms with van der Waals surface area (Å²) in [6.45, 7) is 2.45. The number of halogens is 2. The highest BCUT2D eigenvalue weighted by atomic mass is 35.5. The fraction of sp³-hybridized carbons (Fsp3) is 0.600. The van der Waals surface area contributed by atoms with Crippen LogP contribution in [0.25, 0.3) is 0 Å². The fourth-order valence-corrected chi connectivity index (χ4v) is 9.91. The van der Waals surface area contributed by atoms with Gasteiger partial charge < -0.3 is 0 Å². The van der Waals surface area contributed by atoms with Gasteiger partial charge in [0.25, 0.3) is 0 Å². The Bertz CT molecular complexity index is 739. The third kappa shape index (κ3) is 1.98. The van der Waals surface area contributed by atoms with Crippen LogP contribution < -0.4 is 0 Å². The zero-order chi connectivity index (χ0) is 16.5. The van der Waals surface area contributed by atoms with Crippen molar-refractivity contribution < 1.29 is 0 Å². The number of fused-ring (bicyclic) bond motifs is 4.